The van der Waals surface area contributed by atoms with E-state index < -0.39 is 0 Å². The highest BCUT2D eigenvalue weighted by molar-refractivity contribution is 7.07. The summed E-state index contributed by atoms with van der Waals surface area (Å²) in [5.74, 6) is 1.00. The number of hydrogen-bond acceptors (Lipinski definition) is 5. The van der Waals surface area contributed by atoms with Crippen LogP contribution in [-0.4, -0.2) is 41.0 Å². The van der Waals surface area contributed by atoms with Crippen LogP contribution in [-0.2, 0) is 4.74 Å². The summed E-state index contributed by atoms with van der Waals surface area (Å²) in [6.07, 6.45) is 3.55. The molecule has 1 aromatic heterocycles. The molecule has 0 bridgehead atoms. The normalized spacial score (nSPS) is 27.7. The lowest BCUT2D eigenvalue weighted by molar-refractivity contribution is 0.0838. The van der Waals surface area contributed by atoms with Crippen molar-refractivity contribution in [2.45, 2.75) is 38.6 Å². The molecule has 0 aromatic carbocycles. The van der Waals surface area contributed by atoms with Crippen LogP contribution in [0.1, 0.15) is 43.1 Å². The number of carbonyl (C=O) groups excluding carboxylic acids is 2. The Hall–Kier alpha value is -1.43. The number of ether oxygens (including phenoxy) is 1. The van der Waals surface area contributed by atoms with Crippen LogP contribution in [0.5, 0.6) is 0 Å². The minimum absolute atomic E-state index is 0.0225. The highest BCUT2D eigenvalue weighted by Gasteiger charge is 2.47. The monoisotopic (exact) mass is 308 g/mol. The Kier molecular flexibility index (Phi) is 4.24. The Morgan fingerprint density at radius 3 is 3.05 bits per heavy atom. The van der Waals surface area contributed by atoms with Gasteiger partial charge in [0.2, 0.25) is 0 Å². The van der Waals surface area contributed by atoms with Crippen molar-refractivity contribution < 1.29 is 14.3 Å². The Morgan fingerprint density at radius 2 is 2.33 bits per heavy atom. The topological polar surface area (TPSA) is 59.5 Å². The molecule has 1 aliphatic carbocycles. The molecule has 3 unspecified atom stereocenters. The van der Waals surface area contributed by atoms with E-state index in [0.29, 0.717) is 30.6 Å². The van der Waals surface area contributed by atoms with Gasteiger partial charge in [0.05, 0.1) is 12.1 Å². The number of ketones is 1. The molecule has 114 valence electrons. The van der Waals surface area contributed by atoms with Gasteiger partial charge >= 0.3 is 6.09 Å². The van der Waals surface area contributed by atoms with Gasteiger partial charge in [0.1, 0.15) is 5.69 Å². The van der Waals surface area contributed by atoms with E-state index in [9.17, 15) is 9.59 Å². The number of fused-ring (bicyclic) bond motifs is 1. The Labute approximate surface area is 128 Å². The fourth-order valence-electron chi connectivity index (χ4n) is 3.74. The zero-order chi connectivity index (χ0) is 14.8. The highest BCUT2D eigenvalue weighted by Crippen LogP contribution is 2.43. The number of Topliss-reactive ketones (excluding diaryl/α,β-unsaturated/α-hetero) is 1. The summed E-state index contributed by atoms with van der Waals surface area (Å²) >= 11 is 1.42. The molecule has 1 amide bonds. The van der Waals surface area contributed by atoms with Crippen molar-refractivity contribution in [1.82, 2.24) is 9.88 Å². The Bertz CT molecular complexity index is 517. The first-order valence-electron chi connectivity index (χ1n) is 7.55. The molecule has 1 aliphatic heterocycles. The molecule has 3 atom stereocenters. The van der Waals surface area contributed by atoms with Gasteiger partial charge < -0.3 is 9.64 Å². The van der Waals surface area contributed by atoms with Crippen molar-refractivity contribution in [3.63, 3.8) is 0 Å². The van der Waals surface area contributed by atoms with E-state index in [0.717, 1.165) is 19.4 Å². The van der Waals surface area contributed by atoms with Crippen LogP contribution in [0.15, 0.2) is 10.9 Å². The lowest BCUT2D eigenvalue weighted by atomic mass is 9.90. The average molecular weight is 308 g/mol. The summed E-state index contributed by atoms with van der Waals surface area (Å²) in [5, 5.41) is 1.78. The molecule has 21 heavy (non-hydrogen) atoms. The van der Waals surface area contributed by atoms with Crippen molar-refractivity contribution in [2.75, 3.05) is 13.2 Å². The summed E-state index contributed by atoms with van der Waals surface area (Å²) in [7, 11) is 0. The average Bonchev–Trinajstić information content (AvgIpc) is 3.16. The number of thiazole rings is 1. The molecular formula is C15H20N2O3S. The van der Waals surface area contributed by atoms with E-state index in [2.05, 4.69) is 4.98 Å². The third-order valence-corrected chi connectivity index (χ3v) is 5.24. The minimum Gasteiger partial charge on any atom is -0.450 e. The summed E-state index contributed by atoms with van der Waals surface area (Å²) in [6, 6.07) is -0.0225. The van der Waals surface area contributed by atoms with E-state index >= 15 is 0 Å². The third kappa shape index (κ3) is 2.81. The van der Waals surface area contributed by atoms with Crippen molar-refractivity contribution >= 4 is 23.2 Å². The van der Waals surface area contributed by atoms with Crippen molar-refractivity contribution in [3.05, 3.63) is 16.6 Å². The molecule has 0 radical (unpaired) electrons. The van der Waals surface area contributed by atoms with Gasteiger partial charge in [0, 0.05) is 24.4 Å². The fraction of sp³-hybridized carbons (Fsp3) is 0.667. The number of amides is 1. The molecule has 1 saturated heterocycles. The molecule has 2 heterocycles. The number of rotatable bonds is 4. The second kappa shape index (κ2) is 6.13. The zero-order valence-electron chi connectivity index (χ0n) is 12.2. The maximum absolute atomic E-state index is 12.3. The number of carbonyl (C=O) groups is 2. The molecule has 1 saturated carbocycles. The van der Waals surface area contributed by atoms with Crippen LogP contribution in [0, 0.1) is 11.8 Å². The van der Waals surface area contributed by atoms with Crippen molar-refractivity contribution in [1.29, 1.82) is 0 Å². The second-order valence-corrected chi connectivity index (χ2v) is 6.49. The van der Waals surface area contributed by atoms with E-state index in [1.54, 1.807) is 15.8 Å². The number of hydrogen-bond donors (Lipinski definition) is 0. The van der Waals surface area contributed by atoms with Gasteiger partial charge in [0.25, 0.3) is 0 Å². The largest absolute Gasteiger partial charge is 0.450 e. The summed E-state index contributed by atoms with van der Waals surface area (Å²) in [4.78, 5) is 30.3. The molecular weight excluding hydrogens is 288 g/mol. The van der Waals surface area contributed by atoms with Crippen LogP contribution in [0.3, 0.4) is 0 Å². The minimum atomic E-state index is -0.275. The lowest BCUT2D eigenvalue weighted by Gasteiger charge is -2.26. The second-order valence-electron chi connectivity index (χ2n) is 5.77. The molecule has 2 fully saturated rings. The first-order valence-corrected chi connectivity index (χ1v) is 8.49. The number of aromatic nitrogens is 1. The summed E-state index contributed by atoms with van der Waals surface area (Å²) in [5.41, 5.74) is 2.19. The predicted molar refractivity (Wildman–Crippen MR) is 79.4 cm³/mol. The molecule has 1 aromatic rings. The van der Waals surface area contributed by atoms with Crippen LogP contribution >= 0.6 is 11.3 Å². The molecule has 5 nitrogen and oxygen atoms in total. The van der Waals surface area contributed by atoms with E-state index in [1.807, 2.05) is 6.92 Å². The highest BCUT2D eigenvalue weighted by atomic mass is 32.1. The maximum atomic E-state index is 12.3. The summed E-state index contributed by atoms with van der Waals surface area (Å²) < 4.78 is 5.16. The molecule has 0 N–H and O–H groups in total. The molecule has 3 rings (SSSR count). The standard InChI is InChI=1S/C15H20N2O3S/c1-2-20-15(19)17-7-10-4-3-5-11(10)13(17)6-14(18)12-8-21-9-16-12/h8-11,13H,2-7H2,1H3. The smallest absolute Gasteiger partial charge is 0.410 e. The van der Waals surface area contributed by atoms with Crippen LogP contribution in [0.25, 0.3) is 0 Å². The maximum Gasteiger partial charge on any atom is 0.410 e. The van der Waals surface area contributed by atoms with Crippen molar-refractivity contribution in [2.24, 2.45) is 11.8 Å². The first-order chi connectivity index (χ1) is 10.2. The lowest BCUT2D eigenvalue weighted by Crippen LogP contribution is -2.39. The van der Waals surface area contributed by atoms with Gasteiger partial charge in [-0.05, 0) is 31.6 Å². The van der Waals surface area contributed by atoms with Gasteiger partial charge in [-0.25, -0.2) is 9.78 Å². The van der Waals surface area contributed by atoms with Gasteiger partial charge in [-0.2, -0.15) is 0 Å². The number of likely N-dealkylation sites (tertiary alicyclic amines) is 1. The number of nitrogens with zero attached hydrogens (tertiary/aromatic N) is 2. The van der Waals surface area contributed by atoms with Gasteiger partial charge in [-0.3, -0.25) is 4.79 Å². The van der Waals surface area contributed by atoms with Gasteiger partial charge in [-0.15, -0.1) is 11.3 Å². The third-order valence-electron chi connectivity index (χ3n) is 4.66. The summed E-state index contributed by atoms with van der Waals surface area (Å²) in [6.45, 7) is 2.92. The SMILES string of the molecule is CCOC(=O)N1CC2CCCC2C1CC(=O)c1cscn1. The van der Waals surface area contributed by atoms with E-state index in [-0.39, 0.29) is 17.9 Å². The predicted octanol–water partition coefficient (Wildman–Crippen LogP) is 2.97. The van der Waals surface area contributed by atoms with Crippen LogP contribution < -0.4 is 0 Å². The van der Waals surface area contributed by atoms with E-state index in [1.165, 1.54) is 17.8 Å². The fourth-order valence-corrected chi connectivity index (χ4v) is 4.30. The Morgan fingerprint density at radius 1 is 1.48 bits per heavy atom. The Balaban J connectivity index is 1.75. The molecule has 2 aliphatic rings. The molecule has 0 spiro atoms. The van der Waals surface area contributed by atoms with Crippen LogP contribution in [0.4, 0.5) is 4.79 Å². The van der Waals surface area contributed by atoms with E-state index in [4.69, 9.17) is 4.74 Å². The van der Waals surface area contributed by atoms with Crippen LogP contribution in [0.2, 0.25) is 0 Å². The zero-order valence-corrected chi connectivity index (χ0v) is 13.0. The molecule has 6 heteroatoms. The quantitative estimate of drug-likeness (QED) is 0.802. The van der Waals surface area contributed by atoms with Crippen molar-refractivity contribution in [3.8, 4) is 0 Å². The van der Waals surface area contributed by atoms with Gasteiger partial charge in [0.15, 0.2) is 5.78 Å². The van der Waals surface area contributed by atoms with Gasteiger partial charge in [-0.1, -0.05) is 6.42 Å². The first kappa shape index (κ1) is 14.5.